The maximum absolute atomic E-state index is 12.2. The van der Waals surface area contributed by atoms with Crippen LogP contribution >= 0.6 is 0 Å². The molecule has 6 heteroatoms. The van der Waals surface area contributed by atoms with Crippen LogP contribution < -0.4 is 10.2 Å². The SMILES string of the molecule is CCOC(=O)c1ccccc1Nc1cc(N2CCCc3ccccc32)ncn1. The number of nitrogens with zero attached hydrogens (tertiary/aromatic N) is 3. The van der Waals surface area contributed by atoms with Crippen molar-refractivity contribution in [2.45, 2.75) is 19.8 Å². The Kier molecular flexibility index (Phi) is 5.19. The number of benzene rings is 2. The van der Waals surface area contributed by atoms with E-state index < -0.39 is 0 Å². The van der Waals surface area contributed by atoms with E-state index in [-0.39, 0.29) is 5.97 Å². The average molecular weight is 374 g/mol. The van der Waals surface area contributed by atoms with Crippen molar-refractivity contribution in [1.82, 2.24) is 9.97 Å². The highest BCUT2D eigenvalue weighted by atomic mass is 16.5. The zero-order valence-electron chi connectivity index (χ0n) is 15.8. The van der Waals surface area contributed by atoms with Crippen LogP contribution in [0.25, 0.3) is 0 Å². The number of hydrogen-bond donors (Lipinski definition) is 1. The van der Waals surface area contributed by atoms with E-state index in [0.29, 0.717) is 23.7 Å². The van der Waals surface area contributed by atoms with E-state index in [0.717, 1.165) is 25.2 Å². The van der Waals surface area contributed by atoms with Gasteiger partial charge < -0.3 is 15.0 Å². The molecule has 0 radical (unpaired) electrons. The van der Waals surface area contributed by atoms with E-state index in [1.165, 1.54) is 11.3 Å². The van der Waals surface area contributed by atoms with Gasteiger partial charge in [-0.2, -0.15) is 0 Å². The van der Waals surface area contributed by atoms with Crippen molar-refractivity contribution in [1.29, 1.82) is 0 Å². The number of esters is 1. The molecule has 0 atom stereocenters. The molecule has 28 heavy (non-hydrogen) atoms. The molecule has 1 N–H and O–H groups in total. The average Bonchev–Trinajstić information content (AvgIpc) is 2.74. The summed E-state index contributed by atoms with van der Waals surface area (Å²) < 4.78 is 5.14. The molecule has 142 valence electrons. The summed E-state index contributed by atoms with van der Waals surface area (Å²) >= 11 is 0. The van der Waals surface area contributed by atoms with Crippen LogP contribution in [-0.4, -0.2) is 29.1 Å². The van der Waals surface area contributed by atoms with Crippen LogP contribution in [0.3, 0.4) is 0 Å². The number of para-hydroxylation sites is 2. The molecule has 4 rings (SSSR count). The highest BCUT2D eigenvalue weighted by molar-refractivity contribution is 5.96. The molecule has 0 bridgehead atoms. The lowest BCUT2D eigenvalue weighted by atomic mass is 10.0. The third kappa shape index (κ3) is 3.67. The molecule has 0 fully saturated rings. The van der Waals surface area contributed by atoms with Crippen molar-refractivity contribution in [3.05, 3.63) is 72.1 Å². The van der Waals surface area contributed by atoms with E-state index >= 15 is 0 Å². The number of fused-ring (bicyclic) bond motifs is 1. The van der Waals surface area contributed by atoms with E-state index in [2.05, 4.69) is 38.4 Å². The normalized spacial score (nSPS) is 13.0. The second-order valence-corrected chi connectivity index (χ2v) is 6.54. The topological polar surface area (TPSA) is 67.3 Å². The molecule has 1 aromatic heterocycles. The summed E-state index contributed by atoms with van der Waals surface area (Å²) in [5, 5.41) is 3.24. The molecule has 0 saturated heterocycles. The predicted octanol–water partition coefficient (Wildman–Crippen LogP) is 4.48. The quantitative estimate of drug-likeness (QED) is 0.664. The highest BCUT2D eigenvalue weighted by Gasteiger charge is 2.19. The summed E-state index contributed by atoms with van der Waals surface area (Å²) in [6, 6.07) is 17.6. The zero-order valence-corrected chi connectivity index (χ0v) is 15.8. The number of anilines is 4. The smallest absolute Gasteiger partial charge is 0.340 e. The Balaban J connectivity index is 1.62. The van der Waals surface area contributed by atoms with Gasteiger partial charge in [-0.05, 0) is 43.5 Å². The Hall–Kier alpha value is -3.41. The Morgan fingerprint density at radius 2 is 1.96 bits per heavy atom. The first-order valence-electron chi connectivity index (χ1n) is 9.47. The molecule has 0 amide bonds. The summed E-state index contributed by atoms with van der Waals surface area (Å²) in [6.45, 7) is 3.03. The van der Waals surface area contributed by atoms with E-state index in [1.807, 2.05) is 30.3 Å². The van der Waals surface area contributed by atoms with Gasteiger partial charge in [0.2, 0.25) is 0 Å². The van der Waals surface area contributed by atoms with Crippen LogP contribution in [0.4, 0.5) is 23.0 Å². The molecule has 0 saturated carbocycles. The summed E-state index contributed by atoms with van der Waals surface area (Å²) in [7, 11) is 0. The molecular formula is C22H22N4O2. The lowest BCUT2D eigenvalue weighted by Gasteiger charge is -2.30. The van der Waals surface area contributed by atoms with E-state index in [4.69, 9.17) is 4.74 Å². The van der Waals surface area contributed by atoms with Gasteiger partial charge in [0.15, 0.2) is 0 Å². The third-order valence-electron chi connectivity index (χ3n) is 4.72. The Labute approximate surface area is 164 Å². The van der Waals surface area contributed by atoms with Crippen molar-refractivity contribution in [3.63, 3.8) is 0 Å². The van der Waals surface area contributed by atoms with E-state index in [9.17, 15) is 4.79 Å². The second kappa shape index (κ2) is 8.08. The van der Waals surface area contributed by atoms with Gasteiger partial charge in [-0.1, -0.05) is 30.3 Å². The van der Waals surface area contributed by atoms with Gasteiger partial charge in [0.05, 0.1) is 17.9 Å². The number of rotatable bonds is 5. The van der Waals surface area contributed by atoms with Gasteiger partial charge in [0.1, 0.15) is 18.0 Å². The first kappa shape index (κ1) is 18.0. The summed E-state index contributed by atoms with van der Waals surface area (Å²) in [5.41, 5.74) is 3.65. The first-order chi connectivity index (χ1) is 13.8. The summed E-state index contributed by atoms with van der Waals surface area (Å²) in [6.07, 6.45) is 3.70. The number of carbonyl (C=O) groups excluding carboxylic acids is 1. The maximum Gasteiger partial charge on any atom is 0.340 e. The fourth-order valence-electron chi connectivity index (χ4n) is 3.45. The molecule has 0 unspecified atom stereocenters. The minimum absolute atomic E-state index is 0.333. The fraction of sp³-hybridized carbons (Fsp3) is 0.227. The molecule has 1 aliphatic heterocycles. The zero-order chi connectivity index (χ0) is 19.3. The van der Waals surface area contributed by atoms with Crippen LogP contribution in [0.5, 0.6) is 0 Å². The Morgan fingerprint density at radius 3 is 2.86 bits per heavy atom. The number of aryl methyl sites for hydroxylation is 1. The fourth-order valence-corrected chi connectivity index (χ4v) is 3.45. The molecule has 1 aliphatic rings. The van der Waals surface area contributed by atoms with Crippen LogP contribution in [0.15, 0.2) is 60.9 Å². The second-order valence-electron chi connectivity index (χ2n) is 6.54. The third-order valence-corrected chi connectivity index (χ3v) is 4.72. The molecule has 0 spiro atoms. The Bertz CT molecular complexity index is 990. The molecule has 2 heterocycles. The number of aromatic nitrogens is 2. The minimum Gasteiger partial charge on any atom is -0.462 e. The van der Waals surface area contributed by atoms with Crippen LogP contribution in [-0.2, 0) is 11.2 Å². The van der Waals surface area contributed by atoms with Crippen molar-refractivity contribution in [3.8, 4) is 0 Å². The number of ether oxygens (including phenoxy) is 1. The van der Waals surface area contributed by atoms with E-state index in [1.54, 1.807) is 19.3 Å². The molecular weight excluding hydrogens is 352 g/mol. The molecule has 2 aromatic carbocycles. The van der Waals surface area contributed by atoms with Gasteiger partial charge in [-0.3, -0.25) is 0 Å². The number of carbonyl (C=O) groups is 1. The largest absolute Gasteiger partial charge is 0.462 e. The first-order valence-corrected chi connectivity index (χ1v) is 9.47. The lowest BCUT2D eigenvalue weighted by Crippen LogP contribution is -2.25. The standard InChI is InChI=1S/C22H22N4O2/c1-2-28-22(27)17-10-4-5-11-18(17)25-20-14-21(24-15-23-20)26-13-7-9-16-8-3-6-12-19(16)26/h3-6,8,10-12,14-15H,2,7,9,13H2,1H3,(H,23,24,25). The summed E-state index contributed by atoms with van der Waals surface area (Å²) in [4.78, 5) is 23.2. The van der Waals surface area contributed by atoms with Crippen LogP contribution in [0.2, 0.25) is 0 Å². The van der Waals surface area contributed by atoms with Gasteiger partial charge >= 0.3 is 5.97 Å². The molecule has 0 aliphatic carbocycles. The summed E-state index contributed by atoms with van der Waals surface area (Å²) in [5.74, 6) is 1.10. The maximum atomic E-state index is 12.2. The minimum atomic E-state index is -0.357. The highest BCUT2D eigenvalue weighted by Crippen LogP contribution is 2.33. The van der Waals surface area contributed by atoms with Gasteiger partial charge in [0.25, 0.3) is 0 Å². The monoisotopic (exact) mass is 374 g/mol. The number of hydrogen-bond acceptors (Lipinski definition) is 6. The predicted molar refractivity (Wildman–Crippen MR) is 109 cm³/mol. The lowest BCUT2D eigenvalue weighted by molar-refractivity contribution is 0.0527. The Morgan fingerprint density at radius 1 is 1.14 bits per heavy atom. The van der Waals surface area contributed by atoms with Gasteiger partial charge in [-0.15, -0.1) is 0 Å². The van der Waals surface area contributed by atoms with Crippen molar-refractivity contribution in [2.75, 3.05) is 23.4 Å². The van der Waals surface area contributed by atoms with Crippen LogP contribution in [0.1, 0.15) is 29.3 Å². The molecule has 3 aromatic rings. The van der Waals surface area contributed by atoms with Crippen LogP contribution in [0, 0.1) is 0 Å². The number of nitrogens with one attached hydrogen (secondary N) is 1. The van der Waals surface area contributed by atoms with Gasteiger partial charge in [0, 0.05) is 18.3 Å². The molecule has 6 nitrogen and oxygen atoms in total. The van der Waals surface area contributed by atoms with Crippen molar-refractivity contribution >= 4 is 29.0 Å². The van der Waals surface area contributed by atoms with Gasteiger partial charge in [-0.25, -0.2) is 14.8 Å². The van der Waals surface area contributed by atoms with Crippen molar-refractivity contribution in [2.24, 2.45) is 0 Å². The van der Waals surface area contributed by atoms with Crippen molar-refractivity contribution < 1.29 is 9.53 Å².